The van der Waals surface area contributed by atoms with E-state index in [0.717, 1.165) is 0 Å². The molecule has 0 aliphatic carbocycles. The van der Waals surface area contributed by atoms with Gasteiger partial charge in [0.25, 0.3) is 0 Å². The minimum atomic E-state index is -2.47. The van der Waals surface area contributed by atoms with E-state index in [9.17, 15) is 8.76 Å². The summed E-state index contributed by atoms with van der Waals surface area (Å²) in [5.74, 6) is 0. The van der Waals surface area contributed by atoms with Gasteiger partial charge >= 0.3 is 0 Å². The van der Waals surface area contributed by atoms with Gasteiger partial charge in [-0.25, -0.2) is 4.21 Å². The summed E-state index contributed by atoms with van der Waals surface area (Å²) in [4.78, 5) is 0. The van der Waals surface area contributed by atoms with Crippen LogP contribution in [0.3, 0.4) is 0 Å². The van der Waals surface area contributed by atoms with Crippen molar-refractivity contribution in [1.82, 2.24) is 0 Å². The van der Waals surface area contributed by atoms with E-state index in [4.69, 9.17) is 11.1 Å². The largest absolute Gasteiger partial charge is 0.750 e. The van der Waals surface area contributed by atoms with Gasteiger partial charge in [0.15, 0.2) is 0 Å². The lowest BCUT2D eigenvalue weighted by Gasteiger charge is -2.04. The maximum atomic E-state index is 9.75. The molecule has 0 aromatic carbocycles. The van der Waals surface area contributed by atoms with Crippen molar-refractivity contribution in [3.05, 3.63) is 0 Å². The van der Waals surface area contributed by atoms with Crippen LogP contribution >= 0.6 is 0 Å². The second kappa shape index (κ2) is 5.48. The Balaban J connectivity index is 3.20. The SMILES string of the molecule is N=C(CN)CCOS(=O)[O-]. The Bertz CT molecular complexity index is 138. The van der Waals surface area contributed by atoms with Crippen LogP contribution in [-0.2, 0) is 15.5 Å². The number of nitrogens with two attached hydrogens (primary N) is 1. The second-order valence-corrected chi connectivity index (χ2v) is 2.23. The highest BCUT2D eigenvalue weighted by Crippen LogP contribution is 1.85. The summed E-state index contributed by atoms with van der Waals surface area (Å²) in [5, 5.41) is 6.98. The molecule has 6 heteroatoms. The highest BCUT2D eigenvalue weighted by atomic mass is 32.2. The van der Waals surface area contributed by atoms with Gasteiger partial charge < -0.3 is 19.9 Å². The lowest BCUT2D eigenvalue weighted by Crippen LogP contribution is -2.14. The molecular weight excluding hydrogens is 156 g/mol. The molecule has 0 bridgehead atoms. The molecule has 0 fully saturated rings. The van der Waals surface area contributed by atoms with Gasteiger partial charge in [0, 0.05) is 18.7 Å². The van der Waals surface area contributed by atoms with Crippen molar-refractivity contribution >= 4 is 17.1 Å². The van der Waals surface area contributed by atoms with Crippen LogP contribution in [0.4, 0.5) is 0 Å². The third-order valence-electron chi connectivity index (χ3n) is 0.830. The fraction of sp³-hybridized carbons (Fsp3) is 0.750. The molecule has 1 atom stereocenters. The predicted molar refractivity (Wildman–Crippen MR) is 36.3 cm³/mol. The molecule has 0 aromatic heterocycles. The number of nitrogens with one attached hydrogen (secondary N) is 1. The molecule has 0 rings (SSSR count). The van der Waals surface area contributed by atoms with Gasteiger partial charge in [0.1, 0.15) is 0 Å². The Hall–Kier alpha value is -0.300. The molecule has 0 spiro atoms. The van der Waals surface area contributed by atoms with E-state index in [1.165, 1.54) is 0 Å². The van der Waals surface area contributed by atoms with Crippen LogP contribution in [0.5, 0.6) is 0 Å². The van der Waals surface area contributed by atoms with E-state index < -0.39 is 11.4 Å². The Morgan fingerprint density at radius 3 is 2.80 bits per heavy atom. The summed E-state index contributed by atoms with van der Waals surface area (Å²) in [5.41, 5.74) is 5.34. The number of hydrogen-bond acceptors (Lipinski definition) is 5. The normalized spacial score (nSPS) is 13.0. The molecule has 3 N–H and O–H groups in total. The molecule has 0 saturated carbocycles. The van der Waals surface area contributed by atoms with Crippen LogP contribution < -0.4 is 5.73 Å². The standard InChI is InChI=1S/C4H10N2O3S/c5-3-4(6)1-2-9-10(7)8/h6H,1-3,5H2,(H,7,8)/p-1. The van der Waals surface area contributed by atoms with Gasteiger partial charge in [-0.15, -0.1) is 0 Å². The average molecular weight is 165 g/mol. The first-order chi connectivity index (χ1) is 4.66. The van der Waals surface area contributed by atoms with Crippen LogP contribution in [0.25, 0.3) is 0 Å². The molecule has 60 valence electrons. The zero-order chi connectivity index (χ0) is 7.98. The lowest BCUT2D eigenvalue weighted by atomic mass is 10.3. The summed E-state index contributed by atoms with van der Waals surface area (Å²) in [7, 11) is 0. The minimum absolute atomic E-state index is 0.00610. The summed E-state index contributed by atoms with van der Waals surface area (Å²) in [6.45, 7) is 0.154. The topological polar surface area (TPSA) is 99.2 Å². The molecule has 0 amide bonds. The van der Waals surface area contributed by atoms with E-state index in [0.29, 0.717) is 0 Å². The van der Waals surface area contributed by atoms with E-state index in [1.54, 1.807) is 0 Å². The molecule has 1 unspecified atom stereocenters. The van der Waals surface area contributed by atoms with Gasteiger partial charge in [-0.1, -0.05) is 0 Å². The Morgan fingerprint density at radius 2 is 2.40 bits per heavy atom. The van der Waals surface area contributed by atoms with Crippen LogP contribution in [0.2, 0.25) is 0 Å². The summed E-state index contributed by atoms with van der Waals surface area (Å²) >= 11 is -2.47. The number of rotatable bonds is 5. The first kappa shape index (κ1) is 9.70. The Kier molecular flexibility index (Phi) is 5.32. The fourth-order valence-corrected chi connectivity index (χ4v) is 0.554. The monoisotopic (exact) mass is 165 g/mol. The van der Waals surface area contributed by atoms with Crippen molar-refractivity contribution in [2.75, 3.05) is 13.2 Å². The quantitative estimate of drug-likeness (QED) is 0.410. The first-order valence-electron chi connectivity index (χ1n) is 2.65. The predicted octanol–water partition coefficient (Wildman–Crippen LogP) is -0.834. The molecule has 0 aromatic rings. The van der Waals surface area contributed by atoms with Crippen LogP contribution in [0.15, 0.2) is 0 Å². The maximum absolute atomic E-state index is 9.75. The highest BCUT2D eigenvalue weighted by Gasteiger charge is 1.92. The van der Waals surface area contributed by atoms with Gasteiger partial charge in [-0.2, -0.15) is 0 Å². The maximum Gasteiger partial charge on any atom is 0.0842 e. The Labute approximate surface area is 61.6 Å². The molecule has 0 radical (unpaired) electrons. The third-order valence-corrected chi connectivity index (χ3v) is 1.19. The van der Waals surface area contributed by atoms with E-state index >= 15 is 0 Å². The molecule has 0 heterocycles. The van der Waals surface area contributed by atoms with Crippen LogP contribution in [-0.4, -0.2) is 27.6 Å². The van der Waals surface area contributed by atoms with Crippen molar-refractivity contribution in [2.24, 2.45) is 5.73 Å². The average Bonchev–Trinajstić information content (AvgIpc) is 1.87. The summed E-state index contributed by atoms with van der Waals surface area (Å²) < 4.78 is 23.6. The van der Waals surface area contributed by atoms with E-state index in [1.807, 2.05) is 0 Å². The highest BCUT2D eigenvalue weighted by molar-refractivity contribution is 7.74. The molecule has 0 aliphatic rings. The van der Waals surface area contributed by atoms with Crippen LogP contribution in [0.1, 0.15) is 6.42 Å². The van der Waals surface area contributed by atoms with Crippen molar-refractivity contribution in [1.29, 1.82) is 5.41 Å². The van der Waals surface area contributed by atoms with Crippen molar-refractivity contribution < 1.29 is 12.9 Å². The van der Waals surface area contributed by atoms with Gasteiger partial charge in [0.2, 0.25) is 0 Å². The van der Waals surface area contributed by atoms with Gasteiger partial charge in [0.05, 0.1) is 18.0 Å². The van der Waals surface area contributed by atoms with E-state index in [-0.39, 0.29) is 25.3 Å². The van der Waals surface area contributed by atoms with Crippen molar-refractivity contribution in [3.8, 4) is 0 Å². The molecule has 10 heavy (non-hydrogen) atoms. The minimum Gasteiger partial charge on any atom is -0.750 e. The fourth-order valence-electron chi connectivity index (χ4n) is 0.335. The zero-order valence-electron chi connectivity index (χ0n) is 5.33. The second-order valence-electron chi connectivity index (χ2n) is 1.58. The summed E-state index contributed by atoms with van der Waals surface area (Å²) in [6.07, 6.45) is 0.268. The first-order valence-corrected chi connectivity index (χ1v) is 3.65. The van der Waals surface area contributed by atoms with E-state index in [2.05, 4.69) is 4.18 Å². The van der Waals surface area contributed by atoms with Crippen LogP contribution in [0, 0.1) is 5.41 Å². The van der Waals surface area contributed by atoms with Crippen molar-refractivity contribution in [2.45, 2.75) is 6.42 Å². The lowest BCUT2D eigenvalue weighted by molar-refractivity contribution is 0.309. The molecule has 0 aliphatic heterocycles. The zero-order valence-corrected chi connectivity index (χ0v) is 6.15. The third kappa shape index (κ3) is 5.83. The summed E-state index contributed by atoms with van der Waals surface area (Å²) in [6, 6.07) is 0. The number of hydrogen-bond donors (Lipinski definition) is 2. The Morgan fingerprint density at radius 1 is 1.80 bits per heavy atom. The molecular formula is C4H9N2O3S-. The smallest absolute Gasteiger partial charge is 0.0842 e. The van der Waals surface area contributed by atoms with Gasteiger partial charge in [-0.05, 0) is 0 Å². The van der Waals surface area contributed by atoms with Crippen molar-refractivity contribution in [3.63, 3.8) is 0 Å². The van der Waals surface area contributed by atoms with Gasteiger partial charge in [-0.3, -0.25) is 0 Å². The molecule has 0 saturated heterocycles. The molecule has 5 nitrogen and oxygen atoms in total.